The van der Waals surface area contributed by atoms with Gasteiger partial charge in [-0.05, 0) is 49.3 Å². The van der Waals surface area contributed by atoms with Crippen LogP contribution in [0.1, 0.15) is 56.9 Å². The molecule has 116 valence electrons. The second-order valence-electron chi connectivity index (χ2n) is 6.00. The molecule has 2 unspecified atom stereocenters. The van der Waals surface area contributed by atoms with E-state index in [0.29, 0.717) is 30.5 Å². The van der Waals surface area contributed by atoms with Crippen molar-refractivity contribution in [1.82, 2.24) is 0 Å². The van der Waals surface area contributed by atoms with Crippen LogP contribution in [-0.2, 0) is 4.79 Å². The molecule has 0 aromatic heterocycles. The predicted molar refractivity (Wildman–Crippen MR) is 85.6 cm³/mol. The molecule has 1 aliphatic heterocycles. The maximum atomic E-state index is 12.3. The van der Waals surface area contributed by atoms with Crippen molar-refractivity contribution in [2.24, 2.45) is 11.7 Å². The number of hydrogen-bond acceptors (Lipinski definition) is 3. The van der Waals surface area contributed by atoms with Gasteiger partial charge in [-0.3, -0.25) is 4.79 Å². The zero-order valence-electron chi connectivity index (χ0n) is 13.0. The van der Waals surface area contributed by atoms with Crippen LogP contribution in [0.3, 0.4) is 0 Å². The summed E-state index contributed by atoms with van der Waals surface area (Å²) < 4.78 is 5.66. The van der Waals surface area contributed by atoms with E-state index in [9.17, 15) is 4.79 Å². The molecule has 2 rings (SSSR count). The molecule has 3 heteroatoms. The number of Topliss-reactive ketones (excluding diaryl/α,β-unsaturated/α-hetero) is 1. The smallest absolute Gasteiger partial charge is 0.133 e. The number of carbonyl (C=O) groups is 1. The highest BCUT2D eigenvalue weighted by Gasteiger charge is 2.23. The summed E-state index contributed by atoms with van der Waals surface area (Å²) in [6, 6.07) is 8.11. The van der Waals surface area contributed by atoms with Gasteiger partial charge in [0.05, 0.1) is 6.61 Å². The van der Waals surface area contributed by atoms with Crippen LogP contribution < -0.4 is 10.5 Å². The quantitative estimate of drug-likeness (QED) is 0.794. The number of rotatable bonds is 8. The molecule has 1 aliphatic rings. The second-order valence-corrected chi connectivity index (χ2v) is 6.00. The van der Waals surface area contributed by atoms with Crippen molar-refractivity contribution in [3.05, 3.63) is 29.8 Å². The molecular formula is C18H27NO2. The average molecular weight is 289 g/mol. The van der Waals surface area contributed by atoms with Gasteiger partial charge in [0.2, 0.25) is 0 Å². The molecule has 1 aromatic carbocycles. The summed E-state index contributed by atoms with van der Waals surface area (Å²) in [5.41, 5.74) is 6.82. The summed E-state index contributed by atoms with van der Waals surface area (Å²) in [4.78, 5) is 12.3. The number of nitrogens with two attached hydrogens (primary N) is 1. The van der Waals surface area contributed by atoms with Crippen LogP contribution in [0.5, 0.6) is 5.75 Å². The van der Waals surface area contributed by atoms with E-state index in [1.807, 2.05) is 18.2 Å². The Morgan fingerprint density at radius 2 is 2.19 bits per heavy atom. The fourth-order valence-electron chi connectivity index (χ4n) is 3.16. The van der Waals surface area contributed by atoms with Crippen molar-refractivity contribution >= 4 is 5.78 Å². The Bertz CT molecular complexity index is 458. The second kappa shape index (κ2) is 8.18. The Morgan fingerprint density at radius 3 is 2.95 bits per heavy atom. The van der Waals surface area contributed by atoms with Gasteiger partial charge in [-0.2, -0.15) is 0 Å². The number of benzene rings is 1. The Kier molecular flexibility index (Phi) is 6.24. The fraction of sp³-hybridized carbons (Fsp3) is 0.611. The van der Waals surface area contributed by atoms with Crippen LogP contribution in [0.15, 0.2) is 24.3 Å². The van der Waals surface area contributed by atoms with Gasteiger partial charge >= 0.3 is 0 Å². The molecule has 2 N–H and O–H groups in total. The number of ketones is 1. The zero-order valence-corrected chi connectivity index (χ0v) is 13.0. The lowest BCUT2D eigenvalue weighted by Crippen LogP contribution is -2.17. The summed E-state index contributed by atoms with van der Waals surface area (Å²) in [6.45, 7) is 3.62. The minimum atomic E-state index is 0.331. The first-order valence-electron chi connectivity index (χ1n) is 8.18. The largest absolute Gasteiger partial charge is 0.493 e. The standard InChI is InChI=1S/C18H27NO2/c1-2-14(9-11-19)7-8-16(20)13-15-10-12-21-18-6-4-3-5-17(15)18/h3-6,14-15H,2,7-13,19H2,1H3. The maximum absolute atomic E-state index is 12.3. The summed E-state index contributed by atoms with van der Waals surface area (Å²) in [5, 5.41) is 0. The van der Waals surface area contributed by atoms with Gasteiger partial charge in [0.15, 0.2) is 0 Å². The van der Waals surface area contributed by atoms with Gasteiger partial charge in [-0.1, -0.05) is 31.5 Å². The van der Waals surface area contributed by atoms with E-state index in [1.165, 1.54) is 5.56 Å². The summed E-state index contributed by atoms with van der Waals surface area (Å²) in [6.07, 6.45) is 5.42. The molecule has 0 amide bonds. The van der Waals surface area contributed by atoms with Crippen LogP contribution in [0.4, 0.5) is 0 Å². The minimum absolute atomic E-state index is 0.331. The van der Waals surface area contributed by atoms with Crippen molar-refractivity contribution < 1.29 is 9.53 Å². The summed E-state index contributed by atoms with van der Waals surface area (Å²) >= 11 is 0. The lowest BCUT2D eigenvalue weighted by atomic mass is 9.86. The molecule has 1 heterocycles. The van der Waals surface area contributed by atoms with Crippen LogP contribution >= 0.6 is 0 Å². The van der Waals surface area contributed by atoms with Crippen molar-refractivity contribution in [3.8, 4) is 5.75 Å². The van der Waals surface area contributed by atoms with Crippen molar-refractivity contribution in [1.29, 1.82) is 0 Å². The average Bonchev–Trinajstić information content (AvgIpc) is 2.52. The highest BCUT2D eigenvalue weighted by Crippen LogP contribution is 2.35. The van der Waals surface area contributed by atoms with Gasteiger partial charge in [0, 0.05) is 12.8 Å². The van der Waals surface area contributed by atoms with E-state index in [4.69, 9.17) is 10.5 Å². The van der Waals surface area contributed by atoms with E-state index in [0.717, 1.165) is 44.6 Å². The number of ether oxygens (including phenoxy) is 1. The van der Waals surface area contributed by atoms with E-state index >= 15 is 0 Å². The Balaban J connectivity index is 1.86. The van der Waals surface area contributed by atoms with Gasteiger partial charge in [0.1, 0.15) is 11.5 Å². The summed E-state index contributed by atoms with van der Waals surface area (Å²) in [7, 11) is 0. The molecule has 0 saturated carbocycles. The van der Waals surface area contributed by atoms with Crippen LogP contribution in [0.25, 0.3) is 0 Å². The number of para-hydroxylation sites is 1. The van der Waals surface area contributed by atoms with Crippen LogP contribution in [0, 0.1) is 5.92 Å². The number of hydrogen-bond donors (Lipinski definition) is 1. The molecule has 2 atom stereocenters. The molecule has 0 aliphatic carbocycles. The molecule has 3 nitrogen and oxygen atoms in total. The molecule has 0 spiro atoms. The van der Waals surface area contributed by atoms with E-state index in [-0.39, 0.29) is 0 Å². The van der Waals surface area contributed by atoms with Crippen LogP contribution in [-0.4, -0.2) is 18.9 Å². The summed E-state index contributed by atoms with van der Waals surface area (Å²) in [5.74, 6) is 2.27. The van der Waals surface area contributed by atoms with Gasteiger partial charge in [-0.15, -0.1) is 0 Å². The van der Waals surface area contributed by atoms with Gasteiger partial charge < -0.3 is 10.5 Å². The zero-order chi connectivity index (χ0) is 15.1. The first-order valence-corrected chi connectivity index (χ1v) is 8.18. The fourth-order valence-corrected chi connectivity index (χ4v) is 3.16. The predicted octanol–water partition coefficient (Wildman–Crippen LogP) is 3.67. The van der Waals surface area contributed by atoms with Crippen molar-refractivity contribution in [3.63, 3.8) is 0 Å². The highest BCUT2D eigenvalue weighted by molar-refractivity contribution is 5.79. The van der Waals surface area contributed by atoms with Crippen LogP contribution in [0.2, 0.25) is 0 Å². The van der Waals surface area contributed by atoms with Crippen molar-refractivity contribution in [2.45, 2.75) is 51.4 Å². The van der Waals surface area contributed by atoms with E-state index in [2.05, 4.69) is 13.0 Å². The van der Waals surface area contributed by atoms with Crippen molar-refractivity contribution in [2.75, 3.05) is 13.2 Å². The minimum Gasteiger partial charge on any atom is -0.493 e. The lowest BCUT2D eigenvalue weighted by Gasteiger charge is -2.25. The lowest BCUT2D eigenvalue weighted by molar-refractivity contribution is -0.119. The van der Waals surface area contributed by atoms with Gasteiger partial charge in [-0.25, -0.2) is 0 Å². The SMILES string of the molecule is CCC(CCN)CCC(=O)CC1CCOc2ccccc21. The molecule has 1 aromatic rings. The Hall–Kier alpha value is -1.35. The normalized spacial score (nSPS) is 18.7. The third-order valence-corrected chi connectivity index (χ3v) is 4.54. The first-order chi connectivity index (χ1) is 10.2. The maximum Gasteiger partial charge on any atom is 0.133 e. The van der Waals surface area contributed by atoms with Gasteiger partial charge in [0.25, 0.3) is 0 Å². The molecule has 21 heavy (non-hydrogen) atoms. The first kappa shape index (κ1) is 16.0. The molecule has 0 fully saturated rings. The topological polar surface area (TPSA) is 52.3 Å². The number of carbonyl (C=O) groups excluding carboxylic acids is 1. The molecule has 0 saturated heterocycles. The highest BCUT2D eigenvalue weighted by atomic mass is 16.5. The monoisotopic (exact) mass is 289 g/mol. The molecule has 0 radical (unpaired) electrons. The Labute approximate surface area is 127 Å². The molecule has 0 bridgehead atoms. The third kappa shape index (κ3) is 4.57. The number of fused-ring (bicyclic) bond motifs is 1. The van der Waals surface area contributed by atoms with E-state index in [1.54, 1.807) is 0 Å². The third-order valence-electron chi connectivity index (χ3n) is 4.54. The molecular weight excluding hydrogens is 262 g/mol. The Morgan fingerprint density at radius 1 is 1.38 bits per heavy atom. The van der Waals surface area contributed by atoms with E-state index < -0.39 is 0 Å².